The van der Waals surface area contributed by atoms with Crippen molar-refractivity contribution in [3.05, 3.63) is 27.2 Å². The molecular weight excluding hydrogens is 357 g/mol. The van der Waals surface area contributed by atoms with E-state index in [4.69, 9.17) is 39.5 Å². The van der Waals surface area contributed by atoms with E-state index in [-0.39, 0.29) is 18.6 Å². The van der Waals surface area contributed by atoms with Gasteiger partial charge >= 0.3 is 0 Å². The highest BCUT2D eigenvalue weighted by molar-refractivity contribution is 6.43. The topological polar surface area (TPSA) is 29.5 Å². The van der Waals surface area contributed by atoms with Gasteiger partial charge in [-0.1, -0.05) is 55.6 Å². The lowest BCUT2D eigenvalue weighted by molar-refractivity contribution is -0.135. The number of hydrogen-bond donors (Lipinski definition) is 0. The minimum Gasteiger partial charge on any atom is -0.482 e. The van der Waals surface area contributed by atoms with Crippen LogP contribution < -0.4 is 4.74 Å². The van der Waals surface area contributed by atoms with Gasteiger partial charge < -0.3 is 9.64 Å². The molecule has 0 fully saturated rings. The normalized spacial score (nSPS) is 12.6. The summed E-state index contributed by atoms with van der Waals surface area (Å²) >= 11 is 17.9. The fourth-order valence-electron chi connectivity index (χ4n) is 1.96. The van der Waals surface area contributed by atoms with Gasteiger partial charge in [-0.3, -0.25) is 4.79 Å². The summed E-state index contributed by atoms with van der Waals surface area (Å²) in [6.45, 7) is 11.1. The quantitative estimate of drug-likeness (QED) is 0.580. The SMILES string of the molecule is CC(C)C(C)CN(C(=O)COc1cc(Cl)c(Cl)cc1Cl)C(C)C. The first-order valence-electron chi connectivity index (χ1n) is 7.70. The molecule has 0 radical (unpaired) electrons. The first-order valence-corrected chi connectivity index (χ1v) is 8.83. The van der Waals surface area contributed by atoms with Gasteiger partial charge in [0.1, 0.15) is 5.75 Å². The van der Waals surface area contributed by atoms with Crippen LogP contribution in [0, 0.1) is 11.8 Å². The molecule has 0 saturated carbocycles. The molecule has 1 atom stereocenters. The summed E-state index contributed by atoms with van der Waals surface area (Å²) in [6.07, 6.45) is 0. The Morgan fingerprint density at radius 2 is 1.61 bits per heavy atom. The molecule has 1 aromatic rings. The summed E-state index contributed by atoms with van der Waals surface area (Å²) in [5, 5.41) is 1.02. The van der Waals surface area contributed by atoms with Crippen molar-refractivity contribution in [1.82, 2.24) is 4.90 Å². The van der Waals surface area contributed by atoms with Gasteiger partial charge in [0.25, 0.3) is 5.91 Å². The van der Waals surface area contributed by atoms with Gasteiger partial charge in [0.15, 0.2) is 6.61 Å². The average Bonchev–Trinajstić information content (AvgIpc) is 2.45. The number of halogens is 3. The molecule has 1 aromatic carbocycles. The summed E-state index contributed by atoms with van der Waals surface area (Å²) in [5.41, 5.74) is 0. The summed E-state index contributed by atoms with van der Waals surface area (Å²) in [4.78, 5) is 14.3. The third-order valence-corrected chi connectivity index (χ3v) is 4.91. The predicted molar refractivity (Wildman–Crippen MR) is 97.8 cm³/mol. The number of carbonyl (C=O) groups excluding carboxylic acids is 1. The highest BCUT2D eigenvalue weighted by atomic mass is 35.5. The summed E-state index contributed by atoms with van der Waals surface area (Å²) in [6, 6.07) is 3.14. The average molecular weight is 381 g/mol. The molecule has 1 amide bonds. The molecule has 0 N–H and O–H groups in total. The van der Waals surface area contributed by atoms with Crippen LogP contribution in [0.4, 0.5) is 0 Å². The first kappa shape index (κ1) is 20.4. The van der Waals surface area contributed by atoms with E-state index >= 15 is 0 Å². The lowest BCUT2D eigenvalue weighted by Crippen LogP contribution is -2.43. The number of rotatable bonds is 7. The van der Waals surface area contributed by atoms with Crippen LogP contribution in [0.3, 0.4) is 0 Å². The number of hydrogen-bond acceptors (Lipinski definition) is 2. The lowest BCUT2D eigenvalue weighted by atomic mass is 9.97. The summed E-state index contributed by atoms with van der Waals surface area (Å²) in [7, 11) is 0. The van der Waals surface area contributed by atoms with Crippen molar-refractivity contribution in [1.29, 1.82) is 0 Å². The maximum atomic E-state index is 12.5. The van der Waals surface area contributed by atoms with Crippen molar-refractivity contribution in [2.75, 3.05) is 13.2 Å². The maximum absolute atomic E-state index is 12.5. The molecule has 0 saturated heterocycles. The second-order valence-electron chi connectivity index (χ2n) is 6.35. The van der Waals surface area contributed by atoms with Crippen LogP contribution >= 0.6 is 34.8 Å². The van der Waals surface area contributed by atoms with E-state index < -0.39 is 0 Å². The molecule has 0 bridgehead atoms. The van der Waals surface area contributed by atoms with Crippen LogP contribution in [0.25, 0.3) is 0 Å². The van der Waals surface area contributed by atoms with Gasteiger partial charge in [-0.25, -0.2) is 0 Å². The van der Waals surface area contributed by atoms with E-state index in [2.05, 4.69) is 20.8 Å². The molecular formula is C17H24Cl3NO2. The molecule has 6 heteroatoms. The molecule has 1 rings (SSSR count). The zero-order valence-electron chi connectivity index (χ0n) is 14.2. The van der Waals surface area contributed by atoms with E-state index in [1.165, 1.54) is 12.1 Å². The molecule has 3 nitrogen and oxygen atoms in total. The molecule has 0 aliphatic rings. The van der Waals surface area contributed by atoms with E-state index in [1.807, 2.05) is 18.7 Å². The number of nitrogens with zero attached hydrogens (tertiary/aromatic N) is 1. The molecule has 23 heavy (non-hydrogen) atoms. The van der Waals surface area contributed by atoms with Crippen LogP contribution in [0.5, 0.6) is 5.75 Å². The van der Waals surface area contributed by atoms with Crippen molar-refractivity contribution in [2.24, 2.45) is 11.8 Å². The van der Waals surface area contributed by atoms with Gasteiger partial charge in [-0.05, 0) is 31.7 Å². The van der Waals surface area contributed by atoms with Gasteiger partial charge in [-0.2, -0.15) is 0 Å². The van der Waals surface area contributed by atoms with E-state index in [1.54, 1.807) is 0 Å². The standard InChI is InChI=1S/C17H24Cl3NO2/c1-10(2)12(5)8-21(11(3)4)17(22)9-23-16-7-14(19)13(18)6-15(16)20/h6-7,10-12H,8-9H2,1-5H3. The Morgan fingerprint density at radius 3 is 2.13 bits per heavy atom. The molecule has 1 unspecified atom stereocenters. The summed E-state index contributed by atoms with van der Waals surface area (Å²) in [5.74, 6) is 1.20. The number of amides is 1. The van der Waals surface area contributed by atoms with Crippen LogP contribution in [0.2, 0.25) is 15.1 Å². The molecule has 0 aliphatic carbocycles. The van der Waals surface area contributed by atoms with Crippen LogP contribution in [0.15, 0.2) is 12.1 Å². The Balaban J connectivity index is 2.74. The summed E-state index contributed by atoms with van der Waals surface area (Å²) < 4.78 is 5.54. The third kappa shape index (κ3) is 6.06. The highest BCUT2D eigenvalue weighted by Gasteiger charge is 2.21. The Hall–Kier alpha value is -0.640. The Morgan fingerprint density at radius 1 is 1.04 bits per heavy atom. The first-order chi connectivity index (χ1) is 10.6. The molecule has 0 spiro atoms. The van der Waals surface area contributed by atoms with Crippen molar-refractivity contribution in [3.8, 4) is 5.75 Å². The minimum absolute atomic E-state index is 0.0744. The van der Waals surface area contributed by atoms with Gasteiger partial charge in [-0.15, -0.1) is 0 Å². The van der Waals surface area contributed by atoms with Crippen LogP contribution in [-0.2, 0) is 4.79 Å². The zero-order chi connectivity index (χ0) is 17.7. The fraction of sp³-hybridized carbons (Fsp3) is 0.588. The fourth-order valence-corrected chi connectivity index (χ4v) is 2.55. The van der Waals surface area contributed by atoms with E-state index in [0.717, 1.165) is 0 Å². The van der Waals surface area contributed by atoms with Gasteiger partial charge in [0, 0.05) is 18.7 Å². The number of carbonyl (C=O) groups is 1. The van der Waals surface area contributed by atoms with Gasteiger partial charge in [0.2, 0.25) is 0 Å². The maximum Gasteiger partial charge on any atom is 0.260 e. The number of ether oxygens (including phenoxy) is 1. The smallest absolute Gasteiger partial charge is 0.260 e. The second kappa shape index (κ2) is 9.00. The second-order valence-corrected chi connectivity index (χ2v) is 7.57. The van der Waals surface area contributed by atoms with Crippen LogP contribution in [-0.4, -0.2) is 30.0 Å². The Labute approximate surface area is 153 Å². The molecule has 0 aromatic heterocycles. The van der Waals surface area contributed by atoms with Crippen molar-refractivity contribution in [3.63, 3.8) is 0 Å². The predicted octanol–water partition coefficient (Wildman–Crippen LogP) is 5.55. The number of benzene rings is 1. The Bertz CT molecular complexity index is 547. The van der Waals surface area contributed by atoms with E-state index in [0.29, 0.717) is 39.2 Å². The lowest BCUT2D eigenvalue weighted by Gasteiger charge is -2.31. The third-order valence-electron chi connectivity index (χ3n) is 3.89. The van der Waals surface area contributed by atoms with Crippen molar-refractivity contribution >= 4 is 40.7 Å². The largest absolute Gasteiger partial charge is 0.482 e. The minimum atomic E-state index is -0.0827. The molecule has 0 heterocycles. The molecule has 0 aliphatic heterocycles. The van der Waals surface area contributed by atoms with Crippen molar-refractivity contribution in [2.45, 2.75) is 40.7 Å². The Kier molecular flexibility index (Phi) is 7.99. The molecule has 130 valence electrons. The van der Waals surface area contributed by atoms with Crippen LogP contribution in [0.1, 0.15) is 34.6 Å². The zero-order valence-corrected chi connectivity index (χ0v) is 16.5. The van der Waals surface area contributed by atoms with E-state index in [9.17, 15) is 4.79 Å². The highest BCUT2D eigenvalue weighted by Crippen LogP contribution is 2.33. The van der Waals surface area contributed by atoms with Crippen molar-refractivity contribution < 1.29 is 9.53 Å². The monoisotopic (exact) mass is 379 g/mol. The van der Waals surface area contributed by atoms with Gasteiger partial charge in [0.05, 0.1) is 15.1 Å².